The van der Waals surface area contributed by atoms with Gasteiger partial charge in [-0.1, -0.05) is 31.9 Å². The standard InChI is InChI=1S/C49H64BrN11O12/c1-4-5-12-49-23-34(49)22-38(47(67)58-46-30(2)6-10-39(50)57-46)61(49)44(66)27-60-37-9-7-32(21-35(37)45(59-60)31(3)62)33-24-54-40(55-25-33)26-56-43(65)29-73-20-18-71-16-14-53-42(64)28-72-19-17-70-15-13-52-41(63)11-8-36(51)48(68)69/h6-7,9-10,21,24-25,34,36,38H,4-5,8,11-20,22-23,26-29,51H2,1-3H3,(H,52,63)(H,53,64)(H,56,65)(H,68,69)(H,57,58,67)/t34-,36-,38-,49+/m0/s1. The maximum Gasteiger partial charge on any atom is 0.320 e. The Morgan fingerprint density at radius 3 is 2.19 bits per heavy atom. The van der Waals surface area contributed by atoms with Gasteiger partial charge in [0, 0.05) is 55.3 Å². The Morgan fingerprint density at radius 1 is 0.877 bits per heavy atom. The molecule has 2 fully saturated rings. The molecule has 0 bridgehead atoms. The van der Waals surface area contributed by atoms with Crippen LogP contribution >= 0.6 is 15.9 Å². The summed E-state index contributed by atoms with van der Waals surface area (Å²) >= 11 is 3.38. The number of nitrogens with zero attached hydrogens (tertiary/aromatic N) is 6. The van der Waals surface area contributed by atoms with E-state index in [4.69, 9.17) is 29.8 Å². The lowest BCUT2D eigenvalue weighted by atomic mass is 10.0. The zero-order valence-corrected chi connectivity index (χ0v) is 42.9. The Kier molecular flexibility index (Phi) is 20.8. The average molecular weight is 1080 g/mol. The van der Waals surface area contributed by atoms with E-state index in [0.29, 0.717) is 44.7 Å². The number of Topliss-reactive ketones (excluding diaryl/α,β-unsaturated/α-hetero) is 1. The maximum atomic E-state index is 14.5. The topological polar surface area (TPSA) is 311 Å². The SMILES string of the molecule is CCCC[C@@]12C[C@@H]1C[C@@H](C(=O)Nc1nc(Br)ccc1C)N2C(=O)Cn1nc(C(C)=O)c2cc(-c3cnc(CNC(=O)COCCOCCNC(=O)COCCOCCNC(=O)CC[C@H](N)C(=O)O)nc3)ccc21. The molecule has 4 aromatic rings. The molecule has 2 aliphatic rings. The van der Waals surface area contributed by atoms with Gasteiger partial charge in [-0.3, -0.25) is 38.2 Å². The van der Waals surface area contributed by atoms with E-state index < -0.39 is 23.6 Å². The van der Waals surface area contributed by atoms with Crippen molar-refractivity contribution < 1.29 is 57.6 Å². The number of anilines is 1. The third kappa shape index (κ3) is 15.8. The van der Waals surface area contributed by atoms with Crippen LogP contribution < -0.4 is 27.0 Å². The number of benzene rings is 1. The lowest BCUT2D eigenvalue weighted by Gasteiger charge is -2.34. The van der Waals surface area contributed by atoms with E-state index in [9.17, 15) is 33.6 Å². The second-order valence-corrected chi connectivity index (χ2v) is 18.7. The van der Waals surface area contributed by atoms with Crippen LogP contribution in [0.3, 0.4) is 0 Å². The molecule has 24 heteroatoms. The molecule has 1 aliphatic heterocycles. The Morgan fingerprint density at radius 2 is 1.53 bits per heavy atom. The summed E-state index contributed by atoms with van der Waals surface area (Å²) in [6.07, 6.45) is 7.37. The largest absolute Gasteiger partial charge is 0.480 e. The van der Waals surface area contributed by atoms with Crippen molar-refractivity contribution in [1.82, 2.24) is 45.6 Å². The van der Waals surface area contributed by atoms with E-state index in [0.717, 1.165) is 31.2 Å². The highest BCUT2D eigenvalue weighted by Gasteiger charge is 2.67. The van der Waals surface area contributed by atoms with Crippen LogP contribution in [0.5, 0.6) is 0 Å². The number of carboxylic acids is 1. The van der Waals surface area contributed by atoms with Gasteiger partial charge in [0.25, 0.3) is 0 Å². The summed E-state index contributed by atoms with van der Waals surface area (Å²) in [4.78, 5) is 103. The summed E-state index contributed by atoms with van der Waals surface area (Å²) in [6, 6.07) is 7.37. The molecule has 0 spiro atoms. The number of fused-ring (bicyclic) bond motifs is 2. The van der Waals surface area contributed by atoms with Crippen LogP contribution in [0.4, 0.5) is 5.82 Å². The van der Waals surface area contributed by atoms with Crippen molar-refractivity contribution in [2.24, 2.45) is 11.7 Å². The second kappa shape index (κ2) is 27.1. The Labute approximate surface area is 430 Å². The number of unbranched alkanes of at least 4 members (excludes halogenated alkanes) is 1. The molecule has 6 rings (SSSR count). The molecule has 4 atom stereocenters. The van der Waals surface area contributed by atoms with Crippen LogP contribution in [0.1, 0.15) is 80.7 Å². The number of pyridine rings is 1. The number of aliphatic carboxylic acids is 1. The number of hydrogen-bond acceptors (Lipinski definition) is 16. The predicted octanol–water partition coefficient (Wildman–Crippen LogP) is 2.46. The minimum absolute atomic E-state index is 0.000230. The van der Waals surface area contributed by atoms with Crippen molar-refractivity contribution in [1.29, 1.82) is 0 Å². The number of piperidine rings is 1. The van der Waals surface area contributed by atoms with Crippen LogP contribution in [-0.4, -0.2) is 160 Å². The zero-order chi connectivity index (χ0) is 52.5. The lowest BCUT2D eigenvalue weighted by Crippen LogP contribution is -2.51. The summed E-state index contributed by atoms with van der Waals surface area (Å²) < 4.78 is 23.6. The van der Waals surface area contributed by atoms with Gasteiger partial charge in [0.2, 0.25) is 29.5 Å². The number of carboxylic acid groups (broad SMARTS) is 1. The first-order valence-electron chi connectivity index (χ1n) is 24.3. The van der Waals surface area contributed by atoms with E-state index in [1.54, 1.807) is 34.1 Å². The molecular weight excluding hydrogens is 1010 g/mol. The molecule has 1 aliphatic carbocycles. The fraction of sp³-hybridized carbons (Fsp3) is 0.531. The number of ketones is 1. The average Bonchev–Trinajstić information content (AvgIpc) is 3.78. The van der Waals surface area contributed by atoms with Crippen LogP contribution in [0.25, 0.3) is 22.0 Å². The van der Waals surface area contributed by atoms with Crippen LogP contribution in [0.15, 0.2) is 47.3 Å². The molecule has 3 aromatic heterocycles. The minimum atomic E-state index is -1.16. The molecule has 1 saturated heterocycles. The molecule has 5 amide bonds. The lowest BCUT2D eigenvalue weighted by molar-refractivity contribution is -0.141. The molecule has 4 heterocycles. The van der Waals surface area contributed by atoms with E-state index in [1.807, 2.05) is 25.1 Å². The van der Waals surface area contributed by atoms with Crippen LogP contribution in [-0.2, 0) is 60.8 Å². The number of amides is 5. The molecular formula is C49H64BrN11O12. The summed E-state index contributed by atoms with van der Waals surface area (Å²) in [5.41, 5.74) is 7.95. The number of likely N-dealkylation sites (tertiary alicyclic amines) is 1. The number of carbonyl (C=O) groups is 7. The first-order valence-corrected chi connectivity index (χ1v) is 25.1. The summed E-state index contributed by atoms with van der Waals surface area (Å²) in [7, 11) is 0. The fourth-order valence-electron chi connectivity index (χ4n) is 8.65. The van der Waals surface area contributed by atoms with Gasteiger partial charge in [-0.15, -0.1) is 0 Å². The van der Waals surface area contributed by atoms with Crippen LogP contribution in [0, 0.1) is 12.8 Å². The van der Waals surface area contributed by atoms with E-state index in [2.05, 4.69) is 64.2 Å². The molecule has 73 heavy (non-hydrogen) atoms. The highest BCUT2D eigenvalue weighted by atomic mass is 79.9. The normalized spacial score (nSPS) is 17.2. The monoisotopic (exact) mass is 1080 g/mol. The first-order chi connectivity index (χ1) is 35.1. The Bertz CT molecular complexity index is 2600. The molecule has 0 unspecified atom stereocenters. The third-order valence-corrected chi connectivity index (χ3v) is 13.0. The van der Waals surface area contributed by atoms with Gasteiger partial charge >= 0.3 is 5.97 Å². The van der Waals surface area contributed by atoms with Crippen molar-refractivity contribution in [2.75, 3.05) is 71.3 Å². The van der Waals surface area contributed by atoms with Gasteiger partial charge < -0.3 is 56.0 Å². The smallest absolute Gasteiger partial charge is 0.320 e. The third-order valence-electron chi connectivity index (χ3n) is 12.5. The minimum Gasteiger partial charge on any atom is -0.480 e. The number of ether oxygens (including phenoxy) is 4. The predicted molar refractivity (Wildman–Crippen MR) is 268 cm³/mol. The second-order valence-electron chi connectivity index (χ2n) is 17.9. The number of hydrogen-bond donors (Lipinski definition) is 6. The van der Waals surface area contributed by atoms with Gasteiger partial charge in [0.15, 0.2) is 5.78 Å². The van der Waals surface area contributed by atoms with Gasteiger partial charge in [-0.05, 0) is 83.8 Å². The van der Waals surface area contributed by atoms with Gasteiger partial charge in [-0.2, -0.15) is 5.10 Å². The number of halogens is 1. The number of rotatable bonds is 31. The molecule has 394 valence electrons. The summed E-state index contributed by atoms with van der Waals surface area (Å²) in [5.74, 6) is -1.96. The van der Waals surface area contributed by atoms with Crippen molar-refractivity contribution in [3.8, 4) is 11.1 Å². The van der Waals surface area contributed by atoms with Gasteiger partial charge in [0.05, 0.1) is 51.7 Å². The van der Waals surface area contributed by atoms with Gasteiger partial charge in [-0.25, -0.2) is 15.0 Å². The summed E-state index contributed by atoms with van der Waals surface area (Å²) in [6.45, 7) is 6.55. The Balaban J connectivity index is 0.884. The van der Waals surface area contributed by atoms with Crippen molar-refractivity contribution >= 4 is 73.9 Å². The number of aryl methyl sites for hydroxylation is 1. The number of aromatic nitrogens is 5. The molecule has 0 radical (unpaired) electrons. The van der Waals surface area contributed by atoms with E-state index >= 15 is 0 Å². The van der Waals surface area contributed by atoms with E-state index in [1.165, 1.54) is 6.92 Å². The maximum absolute atomic E-state index is 14.5. The highest BCUT2D eigenvalue weighted by Crippen LogP contribution is 2.61. The summed E-state index contributed by atoms with van der Waals surface area (Å²) in [5, 5.41) is 24.9. The van der Waals surface area contributed by atoms with Crippen molar-refractivity contribution in [2.45, 2.75) is 96.4 Å². The molecule has 1 aromatic carbocycles. The molecule has 1 saturated carbocycles. The fourth-order valence-corrected chi connectivity index (χ4v) is 8.96. The van der Waals surface area contributed by atoms with Crippen molar-refractivity contribution in [3.63, 3.8) is 0 Å². The van der Waals surface area contributed by atoms with Crippen LogP contribution in [0.2, 0.25) is 0 Å². The molecule has 23 nitrogen and oxygen atoms in total. The molecule has 7 N–H and O–H groups in total. The number of carbonyl (C=O) groups excluding carboxylic acids is 6. The Hall–Kier alpha value is -6.31. The van der Waals surface area contributed by atoms with Gasteiger partial charge in [0.1, 0.15) is 53.8 Å². The first kappa shape index (κ1) is 56.0. The number of nitrogens with two attached hydrogens (primary N) is 1. The quantitative estimate of drug-likeness (QED) is 0.0240. The highest BCUT2D eigenvalue weighted by molar-refractivity contribution is 9.10. The number of nitrogens with one attached hydrogen (secondary N) is 4. The van der Waals surface area contributed by atoms with E-state index in [-0.39, 0.29) is 139 Å². The van der Waals surface area contributed by atoms with Crippen molar-refractivity contribution in [3.05, 3.63) is 64.4 Å². The zero-order valence-electron chi connectivity index (χ0n) is 41.3.